The third kappa shape index (κ3) is 5.46. The van der Waals surface area contributed by atoms with Gasteiger partial charge in [-0.2, -0.15) is 0 Å². The number of benzene rings is 2. The molecule has 1 saturated heterocycles. The third-order valence-corrected chi connectivity index (χ3v) is 6.04. The number of hydrogen-bond donors (Lipinski definition) is 1. The lowest BCUT2D eigenvalue weighted by molar-refractivity contribution is -0.274. The number of likely N-dealkylation sites (tertiary alicyclic amines) is 1. The molecule has 0 amide bonds. The average Bonchev–Trinajstić information content (AvgIpc) is 3.16. The third-order valence-electron chi connectivity index (χ3n) is 4.60. The highest BCUT2D eigenvalue weighted by molar-refractivity contribution is 7.89. The van der Waals surface area contributed by atoms with Crippen molar-refractivity contribution in [1.82, 2.24) is 9.62 Å². The lowest BCUT2D eigenvalue weighted by atomic mass is 10.1. The number of rotatable bonds is 7. The van der Waals surface area contributed by atoms with Gasteiger partial charge in [0.05, 0.1) is 4.90 Å². The van der Waals surface area contributed by atoms with Crippen LogP contribution in [-0.4, -0.2) is 39.3 Å². The summed E-state index contributed by atoms with van der Waals surface area (Å²) in [6.45, 7) is 1.96. The van der Waals surface area contributed by atoms with Gasteiger partial charge in [-0.25, -0.2) is 13.1 Å². The highest BCUT2D eigenvalue weighted by atomic mass is 32.2. The van der Waals surface area contributed by atoms with Gasteiger partial charge in [-0.05, 0) is 55.8 Å². The van der Waals surface area contributed by atoms with Crippen LogP contribution in [0.15, 0.2) is 59.5 Å². The Morgan fingerprint density at radius 2 is 1.61 bits per heavy atom. The van der Waals surface area contributed by atoms with Gasteiger partial charge in [-0.3, -0.25) is 4.90 Å². The Hall–Kier alpha value is -2.10. The predicted molar refractivity (Wildman–Crippen MR) is 98.3 cm³/mol. The molecule has 0 saturated carbocycles. The summed E-state index contributed by atoms with van der Waals surface area (Å²) in [7, 11) is -3.87. The summed E-state index contributed by atoms with van der Waals surface area (Å²) in [5.41, 5.74) is 1.01. The molecule has 9 heteroatoms. The summed E-state index contributed by atoms with van der Waals surface area (Å²) in [5, 5.41) is 0. The lowest BCUT2D eigenvalue weighted by Crippen LogP contribution is -2.36. The fraction of sp³-hybridized carbons (Fsp3) is 0.368. The van der Waals surface area contributed by atoms with Crippen LogP contribution in [0.1, 0.15) is 24.4 Å². The van der Waals surface area contributed by atoms with Crippen LogP contribution in [0.4, 0.5) is 13.2 Å². The molecule has 1 fully saturated rings. The van der Waals surface area contributed by atoms with Gasteiger partial charge in [0.2, 0.25) is 10.0 Å². The van der Waals surface area contributed by atoms with E-state index in [9.17, 15) is 21.6 Å². The van der Waals surface area contributed by atoms with E-state index in [1.54, 1.807) is 0 Å². The van der Waals surface area contributed by atoms with Crippen molar-refractivity contribution in [3.05, 3.63) is 60.2 Å². The average molecular weight is 414 g/mol. The molecule has 1 unspecified atom stereocenters. The van der Waals surface area contributed by atoms with Gasteiger partial charge in [0.15, 0.2) is 0 Å². The van der Waals surface area contributed by atoms with Gasteiger partial charge in [-0.15, -0.1) is 13.2 Å². The van der Waals surface area contributed by atoms with Crippen LogP contribution >= 0.6 is 0 Å². The summed E-state index contributed by atoms with van der Waals surface area (Å²) in [6.07, 6.45) is -2.69. The first kappa shape index (κ1) is 20.6. The summed E-state index contributed by atoms with van der Waals surface area (Å²) < 4.78 is 68.2. The van der Waals surface area contributed by atoms with Crippen molar-refractivity contribution in [3.8, 4) is 5.75 Å². The molecule has 0 bridgehead atoms. The van der Waals surface area contributed by atoms with Crippen molar-refractivity contribution in [2.75, 3.05) is 19.6 Å². The molecule has 0 spiro atoms. The quantitative estimate of drug-likeness (QED) is 0.751. The monoisotopic (exact) mass is 414 g/mol. The molecule has 152 valence electrons. The van der Waals surface area contributed by atoms with Crippen LogP contribution in [0.5, 0.6) is 5.75 Å². The van der Waals surface area contributed by atoms with E-state index in [2.05, 4.69) is 14.4 Å². The van der Waals surface area contributed by atoms with Gasteiger partial charge >= 0.3 is 6.36 Å². The van der Waals surface area contributed by atoms with Crippen LogP contribution < -0.4 is 9.46 Å². The van der Waals surface area contributed by atoms with Crippen molar-refractivity contribution in [3.63, 3.8) is 0 Å². The molecule has 3 rings (SSSR count). The molecule has 2 aromatic rings. The smallest absolute Gasteiger partial charge is 0.406 e. The summed E-state index contributed by atoms with van der Waals surface area (Å²) in [5.74, 6) is -0.467. The van der Waals surface area contributed by atoms with E-state index in [0.717, 1.165) is 55.8 Å². The van der Waals surface area contributed by atoms with Crippen molar-refractivity contribution in [1.29, 1.82) is 0 Å². The molecule has 1 heterocycles. The zero-order valence-corrected chi connectivity index (χ0v) is 15.8. The molecular formula is C19H21F3N2O3S. The topological polar surface area (TPSA) is 58.6 Å². The van der Waals surface area contributed by atoms with Gasteiger partial charge in [0.25, 0.3) is 0 Å². The van der Waals surface area contributed by atoms with Gasteiger partial charge in [0.1, 0.15) is 5.75 Å². The zero-order chi connectivity index (χ0) is 20.2. The number of nitrogens with one attached hydrogen (secondary N) is 1. The van der Waals surface area contributed by atoms with E-state index >= 15 is 0 Å². The zero-order valence-electron chi connectivity index (χ0n) is 15.0. The number of halogens is 3. The number of nitrogens with zero attached hydrogens (tertiary/aromatic N) is 1. The maximum Gasteiger partial charge on any atom is 0.573 e. The van der Waals surface area contributed by atoms with Crippen LogP contribution in [0.25, 0.3) is 0 Å². The standard InChI is InChI=1S/C19H21F3N2O3S/c20-19(21,22)27-16-8-10-17(11-9-16)28(25,26)23-14-18(24-12-4-5-13-24)15-6-2-1-3-7-15/h1-3,6-11,18,23H,4-5,12-14H2. The molecular weight excluding hydrogens is 393 g/mol. The van der Waals surface area contributed by atoms with E-state index in [1.165, 1.54) is 0 Å². The summed E-state index contributed by atoms with van der Waals surface area (Å²) in [6, 6.07) is 13.7. The Labute approximate surface area is 162 Å². The largest absolute Gasteiger partial charge is 0.573 e. The van der Waals surface area contributed by atoms with Crippen LogP contribution in [0, 0.1) is 0 Å². The Bertz CT molecular complexity index is 866. The molecule has 1 aliphatic rings. The van der Waals surface area contributed by atoms with E-state index in [4.69, 9.17) is 0 Å². The van der Waals surface area contributed by atoms with Gasteiger partial charge in [0, 0.05) is 12.6 Å². The Kier molecular flexibility index (Phi) is 6.26. The van der Waals surface area contributed by atoms with Gasteiger partial charge < -0.3 is 4.74 Å². The maximum atomic E-state index is 12.6. The Morgan fingerprint density at radius 1 is 1.00 bits per heavy atom. The number of hydrogen-bond acceptors (Lipinski definition) is 4. The number of alkyl halides is 3. The molecule has 1 aliphatic heterocycles. The minimum absolute atomic E-state index is 0.105. The fourth-order valence-corrected chi connectivity index (χ4v) is 4.32. The molecule has 1 N–H and O–H groups in total. The van der Waals surface area contributed by atoms with E-state index in [0.29, 0.717) is 0 Å². The minimum atomic E-state index is -4.82. The first-order valence-corrected chi connectivity index (χ1v) is 10.4. The number of ether oxygens (including phenoxy) is 1. The maximum absolute atomic E-state index is 12.6. The minimum Gasteiger partial charge on any atom is -0.406 e. The highest BCUT2D eigenvalue weighted by Crippen LogP contribution is 2.26. The molecule has 28 heavy (non-hydrogen) atoms. The first-order chi connectivity index (χ1) is 13.2. The predicted octanol–water partition coefficient (Wildman–Crippen LogP) is 3.70. The molecule has 5 nitrogen and oxygen atoms in total. The Balaban J connectivity index is 1.71. The normalized spacial score (nSPS) is 16.8. The van der Waals surface area contributed by atoms with Crippen molar-refractivity contribution < 1.29 is 26.3 Å². The lowest BCUT2D eigenvalue weighted by Gasteiger charge is -2.28. The van der Waals surface area contributed by atoms with Crippen molar-refractivity contribution in [2.45, 2.75) is 30.1 Å². The first-order valence-electron chi connectivity index (χ1n) is 8.89. The molecule has 2 aromatic carbocycles. The summed E-state index contributed by atoms with van der Waals surface area (Å²) in [4.78, 5) is 2.12. The molecule has 0 radical (unpaired) electrons. The van der Waals surface area contributed by atoms with E-state index in [-0.39, 0.29) is 17.5 Å². The van der Waals surface area contributed by atoms with Crippen molar-refractivity contribution >= 4 is 10.0 Å². The van der Waals surface area contributed by atoms with Crippen molar-refractivity contribution in [2.24, 2.45) is 0 Å². The van der Waals surface area contributed by atoms with E-state index in [1.807, 2.05) is 30.3 Å². The highest BCUT2D eigenvalue weighted by Gasteiger charge is 2.31. The Morgan fingerprint density at radius 3 is 2.18 bits per heavy atom. The van der Waals surface area contributed by atoms with Crippen LogP contribution in [-0.2, 0) is 10.0 Å². The summed E-state index contributed by atoms with van der Waals surface area (Å²) >= 11 is 0. The molecule has 0 aromatic heterocycles. The molecule has 1 atom stereocenters. The van der Waals surface area contributed by atoms with Crippen LogP contribution in [0.2, 0.25) is 0 Å². The second kappa shape index (κ2) is 8.50. The van der Waals surface area contributed by atoms with Gasteiger partial charge in [-0.1, -0.05) is 30.3 Å². The van der Waals surface area contributed by atoms with Crippen LogP contribution in [0.3, 0.4) is 0 Å². The second-order valence-corrected chi connectivity index (χ2v) is 8.31. The van der Waals surface area contributed by atoms with E-state index < -0.39 is 22.1 Å². The molecule has 0 aliphatic carbocycles. The fourth-order valence-electron chi connectivity index (χ4n) is 3.28. The SMILES string of the molecule is O=S(=O)(NCC(c1ccccc1)N1CCCC1)c1ccc(OC(F)(F)F)cc1. The second-order valence-electron chi connectivity index (χ2n) is 6.54. The number of sulfonamides is 1.